The number of hydrogen-bond acceptors (Lipinski definition) is 3. The summed E-state index contributed by atoms with van der Waals surface area (Å²) < 4.78 is 5.41. The molecule has 0 bridgehead atoms. The summed E-state index contributed by atoms with van der Waals surface area (Å²) in [6, 6.07) is 12.2. The SMILES string of the molecule is OCc1c(-c2ccc(Cl)cc2)noc1-c1ccc(Cl)cc1Cl. The monoisotopic (exact) mass is 353 g/mol. The van der Waals surface area contributed by atoms with Gasteiger partial charge in [0.15, 0.2) is 5.76 Å². The first-order chi connectivity index (χ1) is 10.6. The molecule has 3 nitrogen and oxygen atoms in total. The van der Waals surface area contributed by atoms with E-state index in [0.29, 0.717) is 37.6 Å². The summed E-state index contributed by atoms with van der Waals surface area (Å²) in [6.07, 6.45) is 0. The van der Waals surface area contributed by atoms with Crippen molar-refractivity contribution in [3.05, 3.63) is 63.1 Å². The highest BCUT2D eigenvalue weighted by atomic mass is 35.5. The third-order valence-corrected chi connectivity index (χ3v) is 4.04. The molecule has 6 heteroatoms. The third kappa shape index (κ3) is 2.85. The Morgan fingerprint density at radius 2 is 1.64 bits per heavy atom. The fourth-order valence-electron chi connectivity index (χ4n) is 2.18. The third-order valence-electron chi connectivity index (χ3n) is 3.24. The first kappa shape index (κ1) is 15.4. The topological polar surface area (TPSA) is 46.3 Å². The predicted molar refractivity (Wildman–Crippen MR) is 88.3 cm³/mol. The van der Waals surface area contributed by atoms with Crippen LogP contribution in [0.25, 0.3) is 22.6 Å². The minimum Gasteiger partial charge on any atom is -0.391 e. The fourth-order valence-corrected chi connectivity index (χ4v) is 2.80. The van der Waals surface area contributed by atoms with Gasteiger partial charge in [-0.05, 0) is 30.3 Å². The van der Waals surface area contributed by atoms with Crippen molar-refractivity contribution in [2.45, 2.75) is 6.61 Å². The summed E-state index contributed by atoms with van der Waals surface area (Å²) in [4.78, 5) is 0. The van der Waals surface area contributed by atoms with Crippen LogP contribution in [-0.2, 0) is 6.61 Å². The molecule has 0 saturated carbocycles. The van der Waals surface area contributed by atoms with Crippen molar-refractivity contribution in [1.29, 1.82) is 0 Å². The summed E-state index contributed by atoms with van der Waals surface area (Å²) in [5, 5.41) is 15.4. The average molecular weight is 355 g/mol. The van der Waals surface area contributed by atoms with Crippen LogP contribution in [0.2, 0.25) is 15.1 Å². The number of rotatable bonds is 3. The molecule has 0 fully saturated rings. The number of nitrogens with zero attached hydrogens (tertiary/aromatic N) is 1. The van der Waals surface area contributed by atoms with Gasteiger partial charge in [-0.2, -0.15) is 0 Å². The minimum atomic E-state index is -0.226. The van der Waals surface area contributed by atoms with E-state index in [-0.39, 0.29) is 6.61 Å². The zero-order valence-corrected chi connectivity index (χ0v) is 13.5. The van der Waals surface area contributed by atoms with Gasteiger partial charge >= 0.3 is 0 Å². The average Bonchev–Trinajstić information content (AvgIpc) is 2.91. The van der Waals surface area contributed by atoms with Crippen molar-refractivity contribution in [3.63, 3.8) is 0 Å². The van der Waals surface area contributed by atoms with E-state index in [0.717, 1.165) is 5.56 Å². The molecule has 112 valence electrons. The molecule has 0 aliphatic rings. The number of aliphatic hydroxyl groups is 1. The number of aromatic nitrogens is 1. The number of benzene rings is 2. The van der Waals surface area contributed by atoms with Crippen molar-refractivity contribution in [2.24, 2.45) is 0 Å². The normalized spacial score (nSPS) is 10.9. The van der Waals surface area contributed by atoms with Crippen LogP contribution in [0, 0.1) is 0 Å². The predicted octanol–water partition coefficient (Wildman–Crippen LogP) is 5.46. The largest absolute Gasteiger partial charge is 0.391 e. The molecule has 1 N–H and O–H groups in total. The zero-order valence-electron chi connectivity index (χ0n) is 11.2. The fraction of sp³-hybridized carbons (Fsp3) is 0.0625. The van der Waals surface area contributed by atoms with E-state index in [9.17, 15) is 5.11 Å². The van der Waals surface area contributed by atoms with E-state index >= 15 is 0 Å². The van der Waals surface area contributed by atoms with Gasteiger partial charge in [-0.3, -0.25) is 0 Å². The molecule has 3 aromatic rings. The Kier molecular flexibility index (Phi) is 4.41. The van der Waals surface area contributed by atoms with Crippen LogP contribution < -0.4 is 0 Å². The van der Waals surface area contributed by atoms with Crippen molar-refractivity contribution in [3.8, 4) is 22.6 Å². The highest BCUT2D eigenvalue weighted by Gasteiger charge is 2.20. The van der Waals surface area contributed by atoms with Crippen LogP contribution in [0.4, 0.5) is 0 Å². The van der Waals surface area contributed by atoms with Gasteiger partial charge in [-0.25, -0.2) is 0 Å². The van der Waals surface area contributed by atoms with E-state index in [1.807, 2.05) is 12.1 Å². The molecule has 2 aromatic carbocycles. The molecule has 0 spiro atoms. The van der Waals surface area contributed by atoms with Gasteiger partial charge in [-0.15, -0.1) is 0 Å². The van der Waals surface area contributed by atoms with Crippen LogP contribution in [0.1, 0.15) is 5.56 Å². The van der Waals surface area contributed by atoms with Crippen LogP contribution in [0.3, 0.4) is 0 Å². The Bertz CT molecular complexity index is 813. The molecule has 0 aliphatic heterocycles. The summed E-state index contributed by atoms with van der Waals surface area (Å²) >= 11 is 18.0. The van der Waals surface area contributed by atoms with Gasteiger partial charge in [0.2, 0.25) is 0 Å². The molecule has 3 rings (SSSR count). The van der Waals surface area contributed by atoms with Crippen molar-refractivity contribution < 1.29 is 9.63 Å². The van der Waals surface area contributed by atoms with E-state index in [1.54, 1.807) is 30.3 Å². The van der Waals surface area contributed by atoms with E-state index in [4.69, 9.17) is 39.3 Å². The summed E-state index contributed by atoms with van der Waals surface area (Å²) in [7, 11) is 0. The molecule has 1 heterocycles. The first-order valence-corrected chi connectivity index (χ1v) is 7.54. The summed E-state index contributed by atoms with van der Waals surface area (Å²) in [5.41, 5.74) is 2.54. The van der Waals surface area contributed by atoms with Crippen LogP contribution in [-0.4, -0.2) is 10.3 Å². The maximum atomic E-state index is 9.72. The first-order valence-electron chi connectivity index (χ1n) is 6.41. The van der Waals surface area contributed by atoms with Gasteiger partial charge in [0.25, 0.3) is 0 Å². The lowest BCUT2D eigenvalue weighted by atomic mass is 10.0. The lowest BCUT2D eigenvalue weighted by Crippen LogP contribution is -1.89. The molecule has 0 atom stereocenters. The smallest absolute Gasteiger partial charge is 0.174 e. The molecule has 0 amide bonds. The van der Waals surface area contributed by atoms with Gasteiger partial charge in [0, 0.05) is 21.2 Å². The van der Waals surface area contributed by atoms with E-state index < -0.39 is 0 Å². The van der Waals surface area contributed by atoms with E-state index in [1.165, 1.54) is 0 Å². The lowest BCUT2D eigenvalue weighted by molar-refractivity contribution is 0.281. The quantitative estimate of drug-likeness (QED) is 0.679. The molecule has 0 unspecified atom stereocenters. The second kappa shape index (κ2) is 6.31. The van der Waals surface area contributed by atoms with Crippen LogP contribution in [0.15, 0.2) is 47.0 Å². The van der Waals surface area contributed by atoms with Gasteiger partial charge in [0.05, 0.1) is 17.2 Å². The van der Waals surface area contributed by atoms with Crippen molar-refractivity contribution >= 4 is 34.8 Å². The Balaban J connectivity index is 2.13. The standard InChI is InChI=1S/C16H10Cl3NO2/c17-10-3-1-9(2-4-10)15-13(8-21)16(22-20-15)12-6-5-11(18)7-14(12)19/h1-7,21H,8H2. The maximum absolute atomic E-state index is 9.72. The molecule has 0 aliphatic carbocycles. The Morgan fingerprint density at radius 1 is 0.955 bits per heavy atom. The molecule has 0 saturated heterocycles. The second-order valence-corrected chi connectivity index (χ2v) is 5.91. The highest BCUT2D eigenvalue weighted by Crippen LogP contribution is 2.37. The molecule has 1 aromatic heterocycles. The van der Waals surface area contributed by atoms with Gasteiger partial charge in [0.1, 0.15) is 5.69 Å². The molecular weight excluding hydrogens is 345 g/mol. The molecule has 0 radical (unpaired) electrons. The van der Waals surface area contributed by atoms with Crippen molar-refractivity contribution in [1.82, 2.24) is 5.16 Å². The number of hydrogen-bond donors (Lipinski definition) is 1. The van der Waals surface area contributed by atoms with Crippen LogP contribution >= 0.6 is 34.8 Å². The lowest BCUT2D eigenvalue weighted by Gasteiger charge is -2.04. The highest BCUT2D eigenvalue weighted by molar-refractivity contribution is 6.36. The Labute approximate surface area is 142 Å². The molecule has 22 heavy (non-hydrogen) atoms. The van der Waals surface area contributed by atoms with E-state index in [2.05, 4.69) is 5.16 Å². The summed E-state index contributed by atoms with van der Waals surface area (Å²) in [5.74, 6) is 0.425. The Hall–Kier alpha value is -1.52. The maximum Gasteiger partial charge on any atom is 0.174 e. The summed E-state index contributed by atoms with van der Waals surface area (Å²) in [6.45, 7) is -0.226. The second-order valence-electron chi connectivity index (χ2n) is 4.63. The number of aliphatic hydroxyl groups excluding tert-OH is 1. The van der Waals surface area contributed by atoms with Crippen molar-refractivity contribution in [2.75, 3.05) is 0 Å². The Morgan fingerprint density at radius 3 is 2.27 bits per heavy atom. The van der Waals surface area contributed by atoms with Gasteiger partial charge in [-0.1, -0.05) is 52.1 Å². The minimum absolute atomic E-state index is 0.226. The van der Waals surface area contributed by atoms with Crippen LogP contribution in [0.5, 0.6) is 0 Å². The van der Waals surface area contributed by atoms with Gasteiger partial charge < -0.3 is 9.63 Å². The number of halogens is 3. The molecular formula is C16H10Cl3NO2. The zero-order chi connectivity index (χ0) is 15.7.